The van der Waals surface area contributed by atoms with Crippen LogP contribution in [0, 0.1) is 6.92 Å². The van der Waals surface area contributed by atoms with Crippen LogP contribution in [0.3, 0.4) is 0 Å². The Balaban J connectivity index is 2.20. The van der Waals surface area contributed by atoms with Gasteiger partial charge in [-0.3, -0.25) is 0 Å². The number of sulfone groups is 1. The standard InChI is InChI=1S/C15H17NO2S/c1-12-6-2-5-9-15(12)19(17,18)11-10-13-7-3-4-8-14(13)16/h2-9H,10-11,16H2,1H3. The van der Waals surface area contributed by atoms with E-state index in [0.29, 0.717) is 17.0 Å². The lowest BCUT2D eigenvalue weighted by Crippen LogP contribution is -2.11. The van der Waals surface area contributed by atoms with Gasteiger partial charge >= 0.3 is 0 Å². The van der Waals surface area contributed by atoms with Crippen LogP contribution in [-0.2, 0) is 16.3 Å². The summed E-state index contributed by atoms with van der Waals surface area (Å²) in [5.74, 6) is 0.0755. The van der Waals surface area contributed by atoms with Crippen molar-refractivity contribution >= 4 is 15.5 Å². The van der Waals surface area contributed by atoms with Crippen LogP contribution in [0.2, 0.25) is 0 Å². The minimum absolute atomic E-state index is 0.0755. The molecule has 0 amide bonds. The van der Waals surface area contributed by atoms with E-state index in [4.69, 9.17) is 5.73 Å². The highest BCUT2D eigenvalue weighted by Crippen LogP contribution is 2.18. The third-order valence-corrected chi connectivity index (χ3v) is 4.99. The van der Waals surface area contributed by atoms with Gasteiger partial charge in [0.05, 0.1) is 10.6 Å². The van der Waals surface area contributed by atoms with Crippen LogP contribution in [0.4, 0.5) is 5.69 Å². The Morgan fingerprint density at radius 2 is 1.63 bits per heavy atom. The molecule has 0 aliphatic heterocycles. The van der Waals surface area contributed by atoms with Gasteiger partial charge in [-0.15, -0.1) is 0 Å². The second kappa shape index (κ2) is 5.45. The lowest BCUT2D eigenvalue weighted by atomic mass is 10.1. The fourth-order valence-electron chi connectivity index (χ4n) is 2.02. The van der Waals surface area contributed by atoms with Gasteiger partial charge in [0.2, 0.25) is 0 Å². The number of rotatable bonds is 4. The number of nitrogens with two attached hydrogens (primary N) is 1. The highest BCUT2D eigenvalue weighted by Gasteiger charge is 2.16. The van der Waals surface area contributed by atoms with Gasteiger partial charge in [0.15, 0.2) is 9.84 Å². The maximum atomic E-state index is 12.3. The third kappa shape index (κ3) is 3.15. The summed E-state index contributed by atoms with van der Waals surface area (Å²) in [4.78, 5) is 0.407. The molecule has 2 N–H and O–H groups in total. The molecule has 0 bridgehead atoms. The van der Waals surface area contributed by atoms with Crippen molar-refractivity contribution < 1.29 is 8.42 Å². The zero-order valence-electron chi connectivity index (χ0n) is 10.8. The summed E-state index contributed by atoms with van der Waals surface area (Å²) in [6.07, 6.45) is 0.434. The topological polar surface area (TPSA) is 60.2 Å². The van der Waals surface area contributed by atoms with E-state index in [2.05, 4.69) is 0 Å². The molecule has 0 radical (unpaired) electrons. The summed E-state index contributed by atoms with van der Waals surface area (Å²) < 4.78 is 24.6. The molecular weight excluding hydrogens is 258 g/mol. The summed E-state index contributed by atoms with van der Waals surface area (Å²) in [5.41, 5.74) is 8.12. The van der Waals surface area contributed by atoms with Crippen molar-refractivity contribution in [3.05, 3.63) is 59.7 Å². The Morgan fingerprint density at radius 1 is 1.00 bits per heavy atom. The summed E-state index contributed by atoms with van der Waals surface area (Å²) in [6.45, 7) is 1.81. The molecule has 3 nitrogen and oxygen atoms in total. The molecule has 0 aliphatic carbocycles. The van der Waals surface area contributed by atoms with Crippen molar-refractivity contribution in [1.82, 2.24) is 0 Å². The quantitative estimate of drug-likeness (QED) is 0.872. The molecule has 100 valence electrons. The molecule has 2 rings (SSSR count). The van der Waals surface area contributed by atoms with Gasteiger partial charge in [0.25, 0.3) is 0 Å². The van der Waals surface area contributed by atoms with Crippen molar-refractivity contribution in [3.63, 3.8) is 0 Å². The zero-order chi connectivity index (χ0) is 13.9. The maximum Gasteiger partial charge on any atom is 0.178 e. The minimum Gasteiger partial charge on any atom is -0.399 e. The first-order valence-electron chi connectivity index (χ1n) is 6.12. The lowest BCUT2D eigenvalue weighted by molar-refractivity contribution is 0.594. The molecule has 0 aromatic heterocycles. The smallest absolute Gasteiger partial charge is 0.178 e. The van der Waals surface area contributed by atoms with E-state index in [9.17, 15) is 8.42 Å². The normalized spacial score (nSPS) is 11.4. The van der Waals surface area contributed by atoms with Gasteiger partial charge in [0, 0.05) is 5.69 Å². The van der Waals surface area contributed by atoms with Crippen LogP contribution in [0.25, 0.3) is 0 Å². The van der Waals surface area contributed by atoms with Gasteiger partial charge in [-0.25, -0.2) is 8.42 Å². The average Bonchev–Trinajstić information content (AvgIpc) is 2.38. The molecule has 0 heterocycles. The molecule has 0 atom stereocenters. The lowest BCUT2D eigenvalue weighted by Gasteiger charge is -2.08. The first kappa shape index (κ1) is 13.6. The van der Waals surface area contributed by atoms with E-state index in [0.717, 1.165) is 11.1 Å². The van der Waals surface area contributed by atoms with Crippen molar-refractivity contribution in [3.8, 4) is 0 Å². The van der Waals surface area contributed by atoms with Crippen LogP contribution in [0.5, 0.6) is 0 Å². The van der Waals surface area contributed by atoms with Gasteiger partial charge in [-0.1, -0.05) is 36.4 Å². The highest BCUT2D eigenvalue weighted by molar-refractivity contribution is 7.91. The van der Waals surface area contributed by atoms with E-state index in [1.165, 1.54) is 0 Å². The first-order valence-corrected chi connectivity index (χ1v) is 7.78. The first-order chi connectivity index (χ1) is 9.00. The number of hydrogen-bond donors (Lipinski definition) is 1. The number of anilines is 1. The molecule has 0 spiro atoms. The molecule has 0 aliphatic rings. The van der Waals surface area contributed by atoms with Crippen LogP contribution in [-0.4, -0.2) is 14.2 Å². The Labute approximate surface area is 114 Å². The molecule has 0 unspecified atom stereocenters. The Hall–Kier alpha value is -1.81. The van der Waals surface area contributed by atoms with E-state index in [1.807, 2.05) is 37.3 Å². The van der Waals surface area contributed by atoms with Gasteiger partial charge < -0.3 is 5.73 Å². The monoisotopic (exact) mass is 275 g/mol. The van der Waals surface area contributed by atoms with Crippen molar-refractivity contribution in [2.24, 2.45) is 0 Å². The van der Waals surface area contributed by atoms with Gasteiger partial charge in [-0.05, 0) is 36.6 Å². The molecule has 2 aromatic carbocycles. The zero-order valence-corrected chi connectivity index (χ0v) is 11.7. The molecular formula is C15H17NO2S. The highest BCUT2D eigenvalue weighted by atomic mass is 32.2. The van der Waals surface area contributed by atoms with Crippen LogP contribution >= 0.6 is 0 Å². The summed E-state index contributed by atoms with van der Waals surface area (Å²) in [5, 5.41) is 0. The molecule has 0 saturated carbocycles. The third-order valence-electron chi connectivity index (χ3n) is 3.12. The predicted molar refractivity (Wildman–Crippen MR) is 77.8 cm³/mol. The summed E-state index contributed by atoms with van der Waals surface area (Å²) in [6, 6.07) is 14.4. The van der Waals surface area contributed by atoms with Crippen LogP contribution in [0.1, 0.15) is 11.1 Å². The number of hydrogen-bond acceptors (Lipinski definition) is 3. The second-order valence-corrected chi connectivity index (χ2v) is 6.61. The van der Waals surface area contributed by atoms with Crippen molar-refractivity contribution in [2.45, 2.75) is 18.2 Å². The van der Waals surface area contributed by atoms with Crippen LogP contribution < -0.4 is 5.73 Å². The molecule has 0 saturated heterocycles. The van der Waals surface area contributed by atoms with E-state index in [1.54, 1.807) is 18.2 Å². The summed E-state index contributed by atoms with van der Waals surface area (Å²) >= 11 is 0. The van der Waals surface area contributed by atoms with E-state index >= 15 is 0 Å². The Kier molecular flexibility index (Phi) is 3.90. The Morgan fingerprint density at radius 3 is 2.32 bits per heavy atom. The van der Waals surface area contributed by atoms with E-state index in [-0.39, 0.29) is 5.75 Å². The molecule has 2 aromatic rings. The maximum absolute atomic E-state index is 12.3. The van der Waals surface area contributed by atoms with Gasteiger partial charge in [0.1, 0.15) is 0 Å². The number of nitrogen functional groups attached to an aromatic ring is 1. The molecule has 19 heavy (non-hydrogen) atoms. The SMILES string of the molecule is Cc1ccccc1S(=O)(=O)CCc1ccccc1N. The van der Waals surface area contributed by atoms with E-state index < -0.39 is 9.84 Å². The fourth-order valence-corrected chi connectivity index (χ4v) is 3.57. The average molecular weight is 275 g/mol. The minimum atomic E-state index is -3.26. The van der Waals surface area contributed by atoms with Gasteiger partial charge in [-0.2, -0.15) is 0 Å². The predicted octanol–water partition coefficient (Wildman–Crippen LogP) is 2.59. The van der Waals surface area contributed by atoms with Crippen molar-refractivity contribution in [2.75, 3.05) is 11.5 Å². The van der Waals surface area contributed by atoms with Crippen molar-refractivity contribution in [1.29, 1.82) is 0 Å². The molecule has 4 heteroatoms. The number of benzene rings is 2. The fraction of sp³-hybridized carbons (Fsp3) is 0.200. The largest absolute Gasteiger partial charge is 0.399 e. The number of aryl methyl sites for hydroxylation is 2. The summed E-state index contributed by atoms with van der Waals surface area (Å²) in [7, 11) is -3.26. The Bertz CT molecular complexity index is 678. The second-order valence-electron chi connectivity index (χ2n) is 4.53. The molecule has 0 fully saturated rings. The number of para-hydroxylation sites is 1. The van der Waals surface area contributed by atoms with Crippen LogP contribution in [0.15, 0.2) is 53.4 Å².